The number of aryl methyl sites for hydroxylation is 1. The Bertz CT molecular complexity index is 2000. The average Bonchev–Trinajstić information content (AvgIpc) is 3.68. The topological polar surface area (TPSA) is 43.9 Å². The lowest BCUT2D eigenvalue weighted by molar-refractivity contribution is 0.462. The third kappa shape index (κ3) is 5.14. The molecule has 0 aliphatic carbocycles. The van der Waals surface area contributed by atoms with Gasteiger partial charge in [-0.1, -0.05) is 91.3 Å². The first-order chi connectivity index (χ1) is 21.1. The number of rotatable bonds is 8. The monoisotopic (exact) mass is 561 g/mol. The van der Waals surface area contributed by atoms with E-state index in [-0.39, 0.29) is 0 Å². The van der Waals surface area contributed by atoms with Crippen molar-refractivity contribution in [2.24, 2.45) is 0 Å². The van der Waals surface area contributed by atoms with Crippen molar-refractivity contribution in [1.82, 2.24) is 14.8 Å². The summed E-state index contributed by atoms with van der Waals surface area (Å²) in [5.74, 6) is 1.53. The van der Waals surface area contributed by atoms with Crippen molar-refractivity contribution in [3.05, 3.63) is 132 Å². The molecule has 4 nitrogen and oxygen atoms in total. The van der Waals surface area contributed by atoms with Gasteiger partial charge in [-0.25, -0.2) is 0 Å². The van der Waals surface area contributed by atoms with E-state index in [1.807, 2.05) is 30.3 Å². The fraction of sp³-hybridized carbons (Fsp3) is 0.179. The van der Waals surface area contributed by atoms with E-state index in [0.29, 0.717) is 23.7 Å². The Labute approximate surface area is 252 Å². The summed E-state index contributed by atoms with van der Waals surface area (Å²) in [5, 5.41) is 11.2. The molecule has 0 radical (unpaired) electrons. The lowest BCUT2D eigenvalue weighted by Crippen LogP contribution is -2.10. The van der Waals surface area contributed by atoms with Crippen molar-refractivity contribution < 1.29 is 4.42 Å². The summed E-state index contributed by atoms with van der Waals surface area (Å²) in [6.07, 6.45) is 2.19. The molecule has 0 bridgehead atoms. The molecular weight excluding hydrogens is 526 g/mol. The minimum Gasteiger partial charge on any atom is -0.416 e. The predicted molar refractivity (Wildman–Crippen MR) is 177 cm³/mol. The number of aromatic nitrogens is 3. The van der Waals surface area contributed by atoms with Crippen LogP contribution in [0.25, 0.3) is 55.8 Å². The van der Waals surface area contributed by atoms with Gasteiger partial charge < -0.3 is 8.98 Å². The van der Waals surface area contributed by atoms with E-state index in [9.17, 15) is 0 Å². The fourth-order valence-corrected chi connectivity index (χ4v) is 6.44. The molecule has 2 unspecified atom stereocenters. The summed E-state index contributed by atoms with van der Waals surface area (Å²) >= 11 is 0. The summed E-state index contributed by atoms with van der Waals surface area (Å²) in [6.45, 7) is 6.85. The van der Waals surface area contributed by atoms with Crippen LogP contribution in [0.3, 0.4) is 0 Å². The third-order valence-electron chi connectivity index (χ3n) is 8.72. The number of fused-ring (bicyclic) bond motifs is 3. The van der Waals surface area contributed by atoms with E-state index >= 15 is 0 Å². The molecule has 0 N–H and O–H groups in total. The Morgan fingerprint density at radius 3 is 1.91 bits per heavy atom. The number of hydrogen-bond donors (Lipinski definition) is 0. The van der Waals surface area contributed by atoms with Crippen LogP contribution >= 0.6 is 0 Å². The van der Waals surface area contributed by atoms with Crippen LogP contribution in [0.4, 0.5) is 0 Å². The Morgan fingerprint density at radius 1 is 0.628 bits per heavy atom. The molecule has 2 aromatic heterocycles. The molecule has 7 rings (SSSR count). The summed E-state index contributed by atoms with van der Waals surface area (Å²) in [7, 11) is 0. The zero-order chi connectivity index (χ0) is 29.3. The van der Waals surface area contributed by atoms with Crippen LogP contribution in [0.1, 0.15) is 49.8 Å². The van der Waals surface area contributed by atoms with E-state index in [1.54, 1.807) is 0 Å². The van der Waals surface area contributed by atoms with Crippen molar-refractivity contribution in [3.8, 4) is 34.0 Å². The van der Waals surface area contributed by atoms with Gasteiger partial charge in [0.05, 0.1) is 0 Å². The van der Waals surface area contributed by atoms with Crippen LogP contribution in [0.15, 0.2) is 126 Å². The molecule has 0 fully saturated rings. The molecule has 0 spiro atoms. The minimum atomic E-state index is 0.370. The minimum absolute atomic E-state index is 0.370. The van der Waals surface area contributed by atoms with Crippen LogP contribution < -0.4 is 0 Å². The second-order valence-corrected chi connectivity index (χ2v) is 11.6. The Morgan fingerprint density at radius 2 is 1.21 bits per heavy atom. The van der Waals surface area contributed by atoms with Crippen LogP contribution in [0.2, 0.25) is 0 Å². The number of para-hydroxylation sites is 1. The van der Waals surface area contributed by atoms with Gasteiger partial charge in [-0.15, -0.1) is 10.2 Å². The molecule has 7 aromatic rings. The second-order valence-electron chi connectivity index (χ2n) is 11.6. The molecule has 0 saturated carbocycles. The summed E-state index contributed by atoms with van der Waals surface area (Å²) in [6, 6.07) is 43.4. The van der Waals surface area contributed by atoms with Gasteiger partial charge in [0, 0.05) is 39.0 Å². The van der Waals surface area contributed by atoms with E-state index in [0.717, 1.165) is 24.0 Å². The maximum atomic E-state index is 5.94. The maximum Gasteiger partial charge on any atom is 0.248 e. The molecule has 212 valence electrons. The smallest absolute Gasteiger partial charge is 0.248 e. The van der Waals surface area contributed by atoms with E-state index in [1.165, 1.54) is 44.1 Å². The molecular formula is C39H35N3O. The van der Waals surface area contributed by atoms with Crippen molar-refractivity contribution in [1.29, 1.82) is 0 Å². The molecule has 43 heavy (non-hydrogen) atoms. The molecule has 4 heteroatoms. The van der Waals surface area contributed by atoms with Crippen molar-refractivity contribution in [2.45, 2.75) is 45.6 Å². The quantitative estimate of drug-likeness (QED) is 0.185. The number of benzene rings is 5. The first kappa shape index (κ1) is 26.9. The van der Waals surface area contributed by atoms with Crippen molar-refractivity contribution in [3.63, 3.8) is 0 Å². The molecule has 0 aliphatic rings. The highest BCUT2D eigenvalue weighted by atomic mass is 16.4. The van der Waals surface area contributed by atoms with Gasteiger partial charge in [-0.2, -0.15) is 0 Å². The van der Waals surface area contributed by atoms with Crippen molar-refractivity contribution in [2.75, 3.05) is 0 Å². The molecule has 0 saturated heterocycles. The van der Waals surface area contributed by atoms with Gasteiger partial charge in [0.2, 0.25) is 11.8 Å². The molecule has 5 aromatic carbocycles. The normalized spacial score (nSPS) is 13.0. The average molecular weight is 562 g/mol. The molecule has 2 atom stereocenters. The second kappa shape index (κ2) is 11.4. The highest BCUT2D eigenvalue weighted by molar-refractivity contribution is 6.08. The highest BCUT2D eigenvalue weighted by Gasteiger charge is 2.20. The zero-order valence-electron chi connectivity index (χ0n) is 24.9. The van der Waals surface area contributed by atoms with Crippen molar-refractivity contribution >= 4 is 21.8 Å². The highest BCUT2D eigenvalue weighted by Crippen LogP contribution is 2.37. The fourth-order valence-electron chi connectivity index (χ4n) is 6.44. The van der Waals surface area contributed by atoms with Crippen LogP contribution in [-0.4, -0.2) is 14.8 Å². The predicted octanol–water partition coefficient (Wildman–Crippen LogP) is 10.6. The Balaban J connectivity index is 1.09. The Kier molecular flexibility index (Phi) is 7.12. The lowest BCUT2D eigenvalue weighted by Gasteiger charge is -2.23. The molecule has 2 heterocycles. The maximum absolute atomic E-state index is 5.94. The number of hydrogen-bond acceptors (Lipinski definition) is 3. The Hall–Kier alpha value is -4.96. The van der Waals surface area contributed by atoms with Gasteiger partial charge in [-0.05, 0) is 91.8 Å². The largest absolute Gasteiger partial charge is 0.416 e. The van der Waals surface area contributed by atoms with Gasteiger partial charge in [-0.3, -0.25) is 0 Å². The summed E-state index contributed by atoms with van der Waals surface area (Å²) in [4.78, 5) is 0. The van der Waals surface area contributed by atoms with Gasteiger partial charge in [0.1, 0.15) is 0 Å². The van der Waals surface area contributed by atoms with E-state index in [4.69, 9.17) is 4.42 Å². The SMILES string of the molecule is CCC(CC(C)n1c2ccccc2c2cc(C)ccc21)c1ccc(-c2ccc(-c3nnc(-c4ccccc4)o3)cc2)cc1. The first-order valence-electron chi connectivity index (χ1n) is 15.2. The summed E-state index contributed by atoms with van der Waals surface area (Å²) < 4.78 is 8.49. The van der Waals surface area contributed by atoms with Crippen LogP contribution in [0.5, 0.6) is 0 Å². The number of nitrogens with zero attached hydrogens (tertiary/aromatic N) is 3. The van der Waals surface area contributed by atoms with E-state index in [2.05, 4.69) is 127 Å². The van der Waals surface area contributed by atoms with Crippen LogP contribution in [-0.2, 0) is 0 Å². The third-order valence-corrected chi connectivity index (χ3v) is 8.72. The zero-order valence-corrected chi connectivity index (χ0v) is 24.9. The van der Waals surface area contributed by atoms with Gasteiger partial charge in [0.25, 0.3) is 0 Å². The van der Waals surface area contributed by atoms with Gasteiger partial charge in [0.15, 0.2) is 0 Å². The van der Waals surface area contributed by atoms with Gasteiger partial charge >= 0.3 is 0 Å². The first-order valence-corrected chi connectivity index (χ1v) is 15.2. The standard InChI is InChI=1S/C39H35N3O/c1-4-28(25-27(3)42-36-13-9-8-12-34(36)35-24-26(2)14-23-37(35)42)29-15-17-30(18-16-29)31-19-21-33(22-20-31)39-41-40-38(43-39)32-10-6-5-7-11-32/h5-24,27-28H,4,25H2,1-3H3. The summed E-state index contributed by atoms with van der Waals surface area (Å²) in [5.41, 5.74) is 9.54. The lowest BCUT2D eigenvalue weighted by atomic mass is 9.89. The van der Waals surface area contributed by atoms with Crippen LogP contribution in [0, 0.1) is 6.92 Å². The molecule has 0 amide bonds. The van der Waals surface area contributed by atoms with E-state index < -0.39 is 0 Å². The molecule has 0 aliphatic heterocycles.